The minimum atomic E-state index is 0.594. The number of halogens is 1. The number of aromatic nitrogens is 1. The molecule has 0 bridgehead atoms. The minimum Gasteiger partial charge on any atom is -0.480 e. The predicted molar refractivity (Wildman–Crippen MR) is 63.6 cm³/mol. The Morgan fingerprint density at radius 2 is 2.13 bits per heavy atom. The Labute approximate surface area is 98.3 Å². The van der Waals surface area contributed by atoms with Crippen LogP contribution in [0.1, 0.15) is 0 Å². The first kappa shape index (κ1) is 12.3. The summed E-state index contributed by atoms with van der Waals surface area (Å²) in [4.78, 5) is 6.36. The van der Waals surface area contributed by atoms with Crippen LogP contribution < -0.4 is 9.64 Å². The summed E-state index contributed by atoms with van der Waals surface area (Å²) in [5.41, 5.74) is 0. The summed E-state index contributed by atoms with van der Waals surface area (Å²) in [6.45, 7) is 1.48. The van der Waals surface area contributed by atoms with E-state index in [0.29, 0.717) is 12.5 Å². The fourth-order valence-electron chi connectivity index (χ4n) is 1.11. The number of hydrogen-bond acceptors (Lipinski definition) is 4. The molecular formula is C10H15BrN2O2. The smallest absolute Gasteiger partial charge is 0.229 e. The summed E-state index contributed by atoms with van der Waals surface area (Å²) < 4.78 is 11.0. The first-order valence-electron chi connectivity index (χ1n) is 4.59. The van der Waals surface area contributed by atoms with Gasteiger partial charge in [0, 0.05) is 20.7 Å². The summed E-state index contributed by atoms with van der Waals surface area (Å²) in [7, 11) is 5.25. The Hall–Kier alpha value is -0.810. The summed E-state index contributed by atoms with van der Waals surface area (Å²) in [5, 5.41) is 0. The molecule has 15 heavy (non-hydrogen) atoms. The molecule has 0 aromatic carbocycles. The highest BCUT2D eigenvalue weighted by atomic mass is 79.9. The van der Waals surface area contributed by atoms with E-state index in [1.165, 1.54) is 0 Å². The van der Waals surface area contributed by atoms with Gasteiger partial charge < -0.3 is 14.4 Å². The van der Waals surface area contributed by atoms with Crippen molar-refractivity contribution in [2.24, 2.45) is 0 Å². The lowest BCUT2D eigenvalue weighted by molar-refractivity contribution is 0.206. The van der Waals surface area contributed by atoms with E-state index in [-0.39, 0.29) is 0 Å². The monoisotopic (exact) mass is 274 g/mol. The van der Waals surface area contributed by atoms with Crippen molar-refractivity contribution in [2.75, 3.05) is 39.3 Å². The highest BCUT2D eigenvalue weighted by molar-refractivity contribution is 9.10. The number of rotatable bonds is 5. The normalized spacial score (nSPS) is 10.1. The van der Waals surface area contributed by atoms with Gasteiger partial charge in [-0.3, -0.25) is 0 Å². The summed E-state index contributed by atoms with van der Waals surface area (Å²) in [5.74, 6) is 1.46. The van der Waals surface area contributed by atoms with Crippen LogP contribution >= 0.6 is 15.9 Å². The predicted octanol–water partition coefficient (Wildman–Crippen LogP) is 1.94. The SMILES string of the molecule is COCCN(C)c1ccc(Br)c(OC)n1. The van der Waals surface area contributed by atoms with Crippen LogP contribution in [0.25, 0.3) is 0 Å². The van der Waals surface area contributed by atoms with Crippen LogP contribution in [0.4, 0.5) is 5.82 Å². The lowest BCUT2D eigenvalue weighted by Gasteiger charge is -2.18. The van der Waals surface area contributed by atoms with Crippen LogP contribution in [0, 0.1) is 0 Å². The zero-order chi connectivity index (χ0) is 11.3. The Kier molecular flexibility index (Phi) is 4.84. The van der Waals surface area contributed by atoms with E-state index in [2.05, 4.69) is 20.9 Å². The van der Waals surface area contributed by atoms with Crippen LogP contribution in [0.3, 0.4) is 0 Å². The topological polar surface area (TPSA) is 34.6 Å². The second kappa shape index (κ2) is 5.92. The molecule has 84 valence electrons. The fraction of sp³-hybridized carbons (Fsp3) is 0.500. The van der Waals surface area contributed by atoms with Gasteiger partial charge in [-0.2, -0.15) is 4.98 Å². The molecule has 5 heteroatoms. The highest BCUT2D eigenvalue weighted by Gasteiger charge is 2.06. The fourth-order valence-corrected chi connectivity index (χ4v) is 1.49. The zero-order valence-electron chi connectivity index (χ0n) is 9.16. The molecule has 0 unspecified atom stereocenters. The molecule has 1 heterocycles. The Morgan fingerprint density at radius 1 is 1.40 bits per heavy atom. The van der Waals surface area contributed by atoms with Crippen molar-refractivity contribution in [3.8, 4) is 5.88 Å². The molecule has 0 aliphatic rings. The molecule has 1 aromatic heterocycles. The van der Waals surface area contributed by atoms with Crippen molar-refractivity contribution in [3.05, 3.63) is 16.6 Å². The number of pyridine rings is 1. The van der Waals surface area contributed by atoms with E-state index < -0.39 is 0 Å². The average molecular weight is 275 g/mol. The van der Waals surface area contributed by atoms with Crippen molar-refractivity contribution in [3.63, 3.8) is 0 Å². The van der Waals surface area contributed by atoms with Gasteiger partial charge in [0.25, 0.3) is 0 Å². The zero-order valence-corrected chi connectivity index (χ0v) is 10.7. The highest BCUT2D eigenvalue weighted by Crippen LogP contribution is 2.24. The van der Waals surface area contributed by atoms with Crippen molar-refractivity contribution >= 4 is 21.7 Å². The van der Waals surface area contributed by atoms with Crippen LogP contribution in [0.5, 0.6) is 5.88 Å². The second-order valence-electron chi connectivity index (χ2n) is 3.07. The molecule has 0 saturated heterocycles. The maximum atomic E-state index is 5.12. The van der Waals surface area contributed by atoms with Gasteiger partial charge in [0.1, 0.15) is 5.82 Å². The summed E-state index contributed by atoms with van der Waals surface area (Å²) in [6, 6.07) is 3.85. The first-order valence-corrected chi connectivity index (χ1v) is 5.39. The van der Waals surface area contributed by atoms with Gasteiger partial charge in [-0.15, -0.1) is 0 Å². The van der Waals surface area contributed by atoms with Gasteiger partial charge in [-0.05, 0) is 28.1 Å². The molecule has 0 saturated carbocycles. The molecule has 0 spiro atoms. The Morgan fingerprint density at radius 3 is 2.73 bits per heavy atom. The van der Waals surface area contributed by atoms with Gasteiger partial charge in [-0.1, -0.05) is 0 Å². The standard InChI is InChI=1S/C10H15BrN2O2/c1-13(6-7-14-2)9-5-4-8(11)10(12-9)15-3/h4-5H,6-7H2,1-3H3. The molecule has 1 aromatic rings. The third-order valence-electron chi connectivity index (χ3n) is 2.01. The van der Waals surface area contributed by atoms with Crippen LogP contribution in [0.15, 0.2) is 16.6 Å². The molecule has 0 fully saturated rings. The van der Waals surface area contributed by atoms with E-state index >= 15 is 0 Å². The van der Waals surface area contributed by atoms with Crippen LogP contribution in [-0.2, 0) is 4.74 Å². The number of likely N-dealkylation sites (N-methyl/N-ethyl adjacent to an activating group) is 1. The van der Waals surface area contributed by atoms with Gasteiger partial charge in [0.05, 0.1) is 18.2 Å². The summed E-state index contributed by atoms with van der Waals surface area (Å²) >= 11 is 3.36. The molecule has 0 atom stereocenters. The third kappa shape index (κ3) is 3.35. The molecule has 1 rings (SSSR count). The van der Waals surface area contributed by atoms with Crippen molar-refractivity contribution in [1.29, 1.82) is 0 Å². The Bertz CT molecular complexity index is 320. The maximum absolute atomic E-state index is 5.12. The number of nitrogens with zero attached hydrogens (tertiary/aromatic N) is 2. The van der Waals surface area contributed by atoms with Gasteiger partial charge in [0.2, 0.25) is 5.88 Å². The molecule has 0 aliphatic heterocycles. The van der Waals surface area contributed by atoms with Gasteiger partial charge in [0.15, 0.2) is 0 Å². The minimum absolute atomic E-state index is 0.594. The average Bonchev–Trinajstić information content (AvgIpc) is 2.26. The number of ether oxygens (including phenoxy) is 2. The second-order valence-corrected chi connectivity index (χ2v) is 3.93. The van der Waals surface area contributed by atoms with Gasteiger partial charge in [-0.25, -0.2) is 0 Å². The lowest BCUT2D eigenvalue weighted by atomic mass is 10.4. The van der Waals surface area contributed by atoms with Crippen molar-refractivity contribution < 1.29 is 9.47 Å². The third-order valence-corrected chi connectivity index (χ3v) is 2.62. The van der Waals surface area contributed by atoms with E-state index in [0.717, 1.165) is 16.8 Å². The molecule has 0 radical (unpaired) electrons. The maximum Gasteiger partial charge on any atom is 0.229 e. The van der Waals surface area contributed by atoms with Crippen LogP contribution in [-0.4, -0.2) is 39.4 Å². The number of anilines is 1. The van der Waals surface area contributed by atoms with Crippen molar-refractivity contribution in [2.45, 2.75) is 0 Å². The van der Waals surface area contributed by atoms with E-state index in [9.17, 15) is 0 Å². The summed E-state index contributed by atoms with van der Waals surface area (Å²) in [6.07, 6.45) is 0. The van der Waals surface area contributed by atoms with Gasteiger partial charge >= 0.3 is 0 Å². The lowest BCUT2D eigenvalue weighted by Crippen LogP contribution is -2.23. The van der Waals surface area contributed by atoms with E-state index in [1.807, 2.05) is 24.1 Å². The molecule has 4 nitrogen and oxygen atoms in total. The molecular weight excluding hydrogens is 260 g/mol. The van der Waals surface area contributed by atoms with Crippen molar-refractivity contribution in [1.82, 2.24) is 4.98 Å². The molecule has 0 amide bonds. The van der Waals surface area contributed by atoms with E-state index in [4.69, 9.17) is 9.47 Å². The largest absolute Gasteiger partial charge is 0.480 e. The quantitative estimate of drug-likeness (QED) is 0.822. The Balaban J connectivity index is 2.76. The van der Waals surface area contributed by atoms with E-state index in [1.54, 1.807) is 14.2 Å². The number of hydrogen-bond donors (Lipinski definition) is 0. The number of methoxy groups -OCH3 is 2. The van der Waals surface area contributed by atoms with Crippen LogP contribution in [0.2, 0.25) is 0 Å². The first-order chi connectivity index (χ1) is 7.19. The molecule has 0 N–H and O–H groups in total. The molecule has 0 aliphatic carbocycles.